The van der Waals surface area contributed by atoms with Crippen LogP contribution in [0.4, 0.5) is 0 Å². The van der Waals surface area contributed by atoms with Crippen LogP contribution in [0.5, 0.6) is 0 Å². The number of hydrogen-bond acceptors (Lipinski definition) is 2. The molecule has 1 fully saturated rings. The zero-order valence-electron chi connectivity index (χ0n) is 10.7. The first-order valence-corrected chi connectivity index (χ1v) is 7.04. The Morgan fingerprint density at radius 1 is 1.42 bits per heavy atom. The van der Waals surface area contributed by atoms with Gasteiger partial charge in [-0.25, -0.2) is 0 Å². The van der Waals surface area contributed by atoms with Crippen LogP contribution in [-0.2, 0) is 4.79 Å². The summed E-state index contributed by atoms with van der Waals surface area (Å²) in [5, 5.41) is 8.93. The summed E-state index contributed by atoms with van der Waals surface area (Å²) in [5.74, 6) is -0.703. The molecule has 2 rings (SSSR count). The van der Waals surface area contributed by atoms with Crippen molar-refractivity contribution in [3.63, 3.8) is 0 Å². The molecule has 0 heterocycles. The minimum absolute atomic E-state index is 0.201. The topological polar surface area (TPSA) is 57.6 Å². The van der Waals surface area contributed by atoms with E-state index in [1.165, 1.54) is 4.90 Å². The lowest BCUT2D eigenvalue weighted by Crippen LogP contribution is -2.37. The third-order valence-electron chi connectivity index (χ3n) is 3.29. The number of aliphatic carboxylic acids is 1. The highest BCUT2D eigenvalue weighted by Crippen LogP contribution is 2.30. The molecule has 1 saturated carbocycles. The van der Waals surface area contributed by atoms with Crippen molar-refractivity contribution in [2.45, 2.75) is 19.8 Å². The highest BCUT2D eigenvalue weighted by atomic mass is 79.9. The number of amides is 1. The molecular formula is C14H16BrNO3. The van der Waals surface area contributed by atoms with Crippen molar-refractivity contribution >= 4 is 27.8 Å². The van der Waals surface area contributed by atoms with Gasteiger partial charge in [0.15, 0.2) is 0 Å². The molecule has 0 bridgehead atoms. The third-order valence-corrected chi connectivity index (χ3v) is 4.15. The van der Waals surface area contributed by atoms with Gasteiger partial charge in [-0.15, -0.1) is 0 Å². The van der Waals surface area contributed by atoms with E-state index < -0.39 is 5.97 Å². The number of halogens is 1. The average Bonchev–Trinajstić information content (AvgIpc) is 3.14. The summed E-state index contributed by atoms with van der Waals surface area (Å²) in [4.78, 5) is 24.8. The van der Waals surface area contributed by atoms with Crippen LogP contribution >= 0.6 is 15.9 Å². The zero-order chi connectivity index (χ0) is 14.0. The van der Waals surface area contributed by atoms with Gasteiger partial charge in [0.25, 0.3) is 5.91 Å². The number of carbonyl (C=O) groups excluding carboxylic acids is 1. The SMILES string of the molecule is Cc1c(Br)cccc1C(=O)N(CC(=O)O)CC1CC1. The van der Waals surface area contributed by atoms with Crippen molar-refractivity contribution in [2.24, 2.45) is 5.92 Å². The number of hydrogen-bond donors (Lipinski definition) is 1. The minimum atomic E-state index is -0.971. The molecular weight excluding hydrogens is 310 g/mol. The van der Waals surface area contributed by atoms with Crippen LogP contribution in [0.1, 0.15) is 28.8 Å². The van der Waals surface area contributed by atoms with Gasteiger partial charge in [-0.3, -0.25) is 9.59 Å². The zero-order valence-corrected chi connectivity index (χ0v) is 12.3. The first-order valence-electron chi connectivity index (χ1n) is 6.25. The van der Waals surface area contributed by atoms with Crippen molar-refractivity contribution in [1.29, 1.82) is 0 Å². The number of carboxylic acid groups (broad SMARTS) is 1. The molecule has 4 nitrogen and oxygen atoms in total. The maximum absolute atomic E-state index is 12.5. The molecule has 1 aromatic carbocycles. The van der Waals surface area contributed by atoms with Crippen molar-refractivity contribution in [2.75, 3.05) is 13.1 Å². The van der Waals surface area contributed by atoms with Gasteiger partial charge in [0.2, 0.25) is 0 Å². The predicted molar refractivity (Wildman–Crippen MR) is 75.1 cm³/mol. The molecule has 1 N–H and O–H groups in total. The molecule has 1 aliphatic rings. The van der Waals surface area contributed by atoms with Crippen LogP contribution in [0.2, 0.25) is 0 Å². The normalized spacial score (nSPS) is 14.2. The fourth-order valence-corrected chi connectivity index (χ4v) is 2.37. The first kappa shape index (κ1) is 14.1. The monoisotopic (exact) mass is 325 g/mol. The van der Waals surface area contributed by atoms with Gasteiger partial charge < -0.3 is 10.0 Å². The van der Waals surface area contributed by atoms with Gasteiger partial charge in [-0.2, -0.15) is 0 Å². The second kappa shape index (κ2) is 5.74. The van der Waals surface area contributed by atoms with Crippen LogP contribution in [0.3, 0.4) is 0 Å². The van der Waals surface area contributed by atoms with Crippen molar-refractivity contribution in [3.05, 3.63) is 33.8 Å². The largest absolute Gasteiger partial charge is 0.480 e. The van der Waals surface area contributed by atoms with E-state index >= 15 is 0 Å². The third kappa shape index (κ3) is 3.56. The Hall–Kier alpha value is -1.36. The lowest BCUT2D eigenvalue weighted by molar-refractivity contribution is -0.137. The Balaban J connectivity index is 2.21. The van der Waals surface area contributed by atoms with Gasteiger partial charge in [-0.1, -0.05) is 22.0 Å². The molecule has 0 atom stereocenters. The standard InChI is InChI=1S/C14H16BrNO3/c1-9-11(3-2-4-12(9)15)14(19)16(8-13(17)18)7-10-5-6-10/h2-4,10H,5-8H2,1H3,(H,17,18). The van der Waals surface area contributed by atoms with E-state index in [9.17, 15) is 9.59 Å². The van der Waals surface area contributed by atoms with Crippen LogP contribution in [-0.4, -0.2) is 35.0 Å². The molecule has 19 heavy (non-hydrogen) atoms. The van der Waals surface area contributed by atoms with Crippen LogP contribution in [0.15, 0.2) is 22.7 Å². The van der Waals surface area contributed by atoms with Crippen LogP contribution in [0.25, 0.3) is 0 Å². The Labute approximate surface area is 120 Å². The summed E-state index contributed by atoms with van der Waals surface area (Å²) >= 11 is 3.39. The quantitative estimate of drug-likeness (QED) is 0.905. The van der Waals surface area contributed by atoms with Crippen LogP contribution < -0.4 is 0 Å². The van der Waals surface area contributed by atoms with Crippen molar-refractivity contribution in [3.8, 4) is 0 Å². The second-order valence-corrected chi connectivity index (χ2v) is 5.79. The van der Waals surface area contributed by atoms with Gasteiger partial charge in [0.05, 0.1) is 0 Å². The summed E-state index contributed by atoms with van der Waals surface area (Å²) in [5.41, 5.74) is 1.41. The molecule has 5 heteroatoms. The lowest BCUT2D eigenvalue weighted by atomic mass is 10.1. The highest BCUT2D eigenvalue weighted by molar-refractivity contribution is 9.10. The molecule has 102 valence electrons. The Morgan fingerprint density at radius 2 is 2.11 bits per heavy atom. The van der Waals surface area contributed by atoms with E-state index in [0.29, 0.717) is 18.0 Å². The van der Waals surface area contributed by atoms with E-state index in [2.05, 4.69) is 15.9 Å². The number of carbonyl (C=O) groups is 2. The van der Waals surface area contributed by atoms with Crippen molar-refractivity contribution in [1.82, 2.24) is 4.90 Å². The summed E-state index contributed by atoms with van der Waals surface area (Å²) in [7, 11) is 0. The number of nitrogens with zero attached hydrogens (tertiary/aromatic N) is 1. The van der Waals surface area contributed by atoms with Gasteiger partial charge in [-0.05, 0) is 43.4 Å². The molecule has 0 spiro atoms. The average molecular weight is 326 g/mol. The Bertz CT molecular complexity index is 511. The molecule has 0 unspecified atom stereocenters. The molecule has 0 saturated heterocycles. The van der Waals surface area contributed by atoms with Gasteiger partial charge in [0, 0.05) is 16.6 Å². The summed E-state index contributed by atoms with van der Waals surface area (Å²) in [6.45, 7) is 2.16. The molecule has 0 aromatic heterocycles. The van der Waals surface area contributed by atoms with Gasteiger partial charge >= 0.3 is 5.97 Å². The first-order chi connectivity index (χ1) is 8.99. The maximum Gasteiger partial charge on any atom is 0.323 e. The summed E-state index contributed by atoms with van der Waals surface area (Å²) in [6, 6.07) is 5.40. The molecule has 1 amide bonds. The fourth-order valence-electron chi connectivity index (χ4n) is 2.00. The fraction of sp³-hybridized carbons (Fsp3) is 0.429. The lowest BCUT2D eigenvalue weighted by Gasteiger charge is -2.21. The van der Waals surface area contributed by atoms with Crippen molar-refractivity contribution < 1.29 is 14.7 Å². The number of rotatable bonds is 5. The molecule has 1 aliphatic carbocycles. The summed E-state index contributed by atoms with van der Waals surface area (Å²) < 4.78 is 0.861. The minimum Gasteiger partial charge on any atom is -0.480 e. The number of benzene rings is 1. The maximum atomic E-state index is 12.5. The van der Waals surface area contributed by atoms with E-state index in [1.807, 2.05) is 13.0 Å². The Morgan fingerprint density at radius 3 is 2.68 bits per heavy atom. The van der Waals surface area contributed by atoms with E-state index in [0.717, 1.165) is 22.9 Å². The molecule has 0 radical (unpaired) electrons. The molecule has 1 aromatic rings. The van der Waals surface area contributed by atoms with E-state index in [-0.39, 0.29) is 12.5 Å². The number of carboxylic acids is 1. The second-order valence-electron chi connectivity index (χ2n) is 4.94. The van der Waals surface area contributed by atoms with Crippen LogP contribution in [0, 0.1) is 12.8 Å². The smallest absolute Gasteiger partial charge is 0.323 e. The van der Waals surface area contributed by atoms with E-state index in [4.69, 9.17) is 5.11 Å². The molecule has 0 aliphatic heterocycles. The predicted octanol–water partition coefficient (Wildman–Crippen LogP) is 2.69. The van der Waals surface area contributed by atoms with Gasteiger partial charge in [0.1, 0.15) is 6.54 Å². The highest BCUT2D eigenvalue weighted by Gasteiger charge is 2.29. The van der Waals surface area contributed by atoms with E-state index in [1.54, 1.807) is 12.1 Å². The Kier molecular flexibility index (Phi) is 4.24. The summed E-state index contributed by atoms with van der Waals surface area (Å²) in [6.07, 6.45) is 2.17.